The summed E-state index contributed by atoms with van der Waals surface area (Å²) in [6.07, 6.45) is 3.70. The summed E-state index contributed by atoms with van der Waals surface area (Å²) in [5.41, 5.74) is 1.22. The van der Waals surface area contributed by atoms with Crippen molar-refractivity contribution >= 4 is 11.8 Å². The number of amides is 2. The van der Waals surface area contributed by atoms with Gasteiger partial charge in [-0.15, -0.1) is 0 Å². The second kappa shape index (κ2) is 9.45. The van der Waals surface area contributed by atoms with E-state index in [2.05, 4.69) is 39.6 Å². The third kappa shape index (κ3) is 4.74. The molecule has 2 aliphatic heterocycles. The molecule has 7 heteroatoms. The number of hydrogen-bond donors (Lipinski definition) is 2. The van der Waals surface area contributed by atoms with Crippen molar-refractivity contribution in [1.82, 2.24) is 20.4 Å². The van der Waals surface area contributed by atoms with Crippen LogP contribution >= 0.6 is 0 Å². The molecule has 3 heterocycles. The van der Waals surface area contributed by atoms with Crippen molar-refractivity contribution < 1.29 is 14.0 Å². The fourth-order valence-corrected chi connectivity index (χ4v) is 4.63. The molecular formula is C23H30N4O3. The molecule has 7 nitrogen and oxygen atoms in total. The quantitative estimate of drug-likeness (QED) is 0.727. The predicted molar refractivity (Wildman–Crippen MR) is 113 cm³/mol. The van der Waals surface area contributed by atoms with Crippen LogP contribution in [0.3, 0.4) is 0 Å². The molecule has 0 saturated carbocycles. The van der Waals surface area contributed by atoms with Gasteiger partial charge in [0.2, 0.25) is 11.8 Å². The zero-order valence-electron chi connectivity index (χ0n) is 17.4. The van der Waals surface area contributed by atoms with E-state index in [-0.39, 0.29) is 29.9 Å². The zero-order chi connectivity index (χ0) is 20.9. The van der Waals surface area contributed by atoms with Crippen molar-refractivity contribution in [2.75, 3.05) is 20.1 Å². The first-order valence-corrected chi connectivity index (χ1v) is 10.7. The topological polar surface area (TPSA) is 77.8 Å². The third-order valence-corrected chi connectivity index (χ3v) is 6.32. The minimum atomic E-state index is -0.145. The van der Waals surface area contributed by atoms with Crippen molar-refractivity contribution in [3.8, 4) is 0 Å². The molecule has 2 aliphatic rings. The van der Waals surface area contributed by atoms with Gasteiger partial charge in [-0.25, -0.2) is 0 Å². The first-order valence-electron chi connectivity index (χ1n) is 10.7. The van der Waals surface area contributed by atoms with Gasteiger partial charge >= 0.3 is 0 Å². The summed E-state index contributed by atoms with van der Waals surface area (Å²) >= 11 is 0. The molecule has 160 valence electrons. The molecule has 2 amide bonds. The second-order valence-electron chi connectivity index (χ2n) is 8.22. The Hall–Kier alpha value is -2.64. The van der Waals surface area contributed by atoms with Crippen molar-refractivity contribution in [1.29, 1.82) is 0 Å². The average molecular weight is 411 g/mol. The van der Waals surface area contributed by atoms with E-state index in [0.29, 0.717) is 25.9 Å². The van der Waals surface area contributed by atoms with Gasteiger partial charge in [0, 0.05) is 38.1 Å². The van der Waals surface area contributed by atoms with Gasteiger partial charge in [-0.3, -0.25) is 19.4 Å². The Balaban J connectivity index is 1.33. The van der Waals surface area contributed by atoms with Gasteiger partial charge in [-0.05, 0) is 37.6 Å². The average Bonchev–Trinajstić information content (AvgIpc) is 3.40. The van der Waals surface area contributed by atoms with Crippen LogP contribution in [0, 0.1) is 0 Å². The van der Waals surface area contributed by atoms with Crippen LogP contribution in [-0.4, -0.2) is 59.9 Å². The number of rotatable bonds is 7. The summed E-state index contributed by atoms with van der Waals surface area (Å²) in [5.74, 6) is 0.851. The van der Waals surface area contributed by atoms with E-state index < -0.39 is 0 Å². The molecule has 3 atom stereocenters. The van der Waals surface area contributed by atoms with E-state index in [9.17, 15) is 9.59 Å². The van der Waals surface area contributed by atoms with Gasteiger partial charge < -0.3 is 15.1 Å². The molecule has 2 saturated heterocycles. The summed E-state index contributed by atoms with van der Waals surface area (Å²) in [5, 5.41) is 6.02. The molecule has 2 N–H and O–H groups in total. The molecule has 0 unspecified atom stereocenters. The molecule has 1 aromatic carbocycles. The maximum atomic E-state index is 12.9. The van der Waals surface area contributed by atoms with Crippen LogP contribution in [0.25, 0.3) is 0 Å². The Bertz CT molecular complexity index is 839. The van der Waals surface area contributed by atoms with Crippen LogP contribution in [0.1, 0.15) is 30.6 Å². The number of carbonyl (C=O) groups excluding carboxylic acids is 2. The lowest BCUT2D eigenvalue weighted by Crippen LogP contribution is -2.49. The summed E-state index contributed by atoms with van der Waals surface area (Å²) in [6, 6.07) is 14.1. The van der Waals surface area contributed by atoms with Gasteiger partial charge in [0.15, 0.2) is 0 Å². The Kier molecular flexibility index (Phi) is 6.50. The van der Waals surface area contributed by atoms with Crippen LogP contribution in [0.5, 0.6) is 0 Å². The lowest BCUT2D eigenvalue weighted by Gasteiger charge is -2.33. The largest absolute Gasteiger partial charge is 0.467 e. The first kappa shape index (κ1) is 20.6. The number of likely N-dealkylation sites (N-methyl/N-ethyl adjacent to an activating group) is 1. The van der Waals surface area contributed by atoms with Crippen molar-refractivity contribution in [2.45, 2.75) is 50.5 Å². The van der Waals surface area contributed by atoms with E-state index in [1.165, 1.54) is 5.56 Å². The molecule has 2 fully saturated rings. The maximum Gasteiger partial charge on any atom is 0.239 e. The summed E-state index contributed by atoms with van der Waals surface area (Å²) < 4.78 is 5.25. The molecule has 0 radical (unpaired) electrons. The number of furan rings is 1. The highest BCUT2D eigenvalue weighted by molar-refractivity contribution is 5.83. The lowest BCUT2D eigenvalue weighted by molar-refractivity contribution is -0.126. The Morgan fingerprint density at radius 3 is 2.83 bits per heavy atom. The minimum absolute atomic E-state index is 0.00375. The third-order valence-electron chi connectivity index (χ3n) is 6.32. The van der Waals surface area contributed by atoms with E-state index >= 15 is 0 Å². The molecule has 2 aromatic rings. The van der Waals surface area contributed by atoms with Gasteiger partial charge in [-0.2, -0.15) is 0 Å². The fourth-order valence-electron chi connectivity index (χ4n) is 4.63. The van der Waals surface area contributed by atoms with Crippen LogP contribution in [0.4, 0.5) is 0 Å². The Morgan fingerprint density at radius 1 is 1.23 bits per heavy atom. The Morgan fingerprint density at radius 2 is 2.07 bits per heavy atom. The number of fused-ring (bicyclic) bond motifs is 1. The van der Waals surface area contributed by atoms with E-state index in [0.717, 1.165) is 25.3 Å². The molecule has 0 spiro atoms. The Labute approximate surface area is 177 Å². The number of likely N-dealkylation sites (tertiary alicyclic amines) is 1. The molecule has 0 bridgehead atoms. The number of benzene rings is 1. The van der Waals surface area contributed by atoms with Gasteiger partial charge in [0.05, 0.1) is 12.8 Å². The van der Waals surface area contributed by atoms with Crippen molar-refractivity contribution in [3.05, 3.63) is 60.1 Å². The van der Waals surface area contributed by atoms with Crippen molar-refractivity contribution in [3.63, 3.8) is 0 Å². The monoisotopic (exact) mass is 410 g/mol. The SMILES string of the molecule is CN1[C@@H](CCC(=O)NCc2ccco2)CNC(=O)[C@@H]2[C@H]1CCN2Cc1ccccc1. The number of hydrogen-bond acceptors (Lipinski definition) is 5. The highest BCUT2D eigenvalue weighted by Crippen LogP contribution is 2.28. The number of carbonyl (C=O) groups is 2. The highest BCUT2D eigenvalue weighted by atomic mass is 16.3. The van der Waals surface area contributed by atoms with Crippen LogP contribution in [0.15, 0.2) is 53.1 Å². The summed E-state index contributed by atoms with van der Waals surface area (Å²) in [4.78, 5) is 29.7. The number of nitrogens with one attached hydrogen (secondary N) is 2. The van der Waals surface area contributed by atoms with E-state index in [1.807, 2.05) is 30.3 Å². The minimum Gasteiger partial charge on any atom is -0.467 e. The smallest absolute Gasteiger partial charge is 0.239 e. The van der Waals surface area contributed by atoms with Crippen molar-refractivity contribution in [2.24, 2.45) is 0 Å². The molecule has 0 aliphatic carbocycles. The predicted octanol–water partition coefficient (Wildman–Crippen LogP) is 1.75. The molecular weight excluding hydrogens is 380 g/mol. The summed E-state index contributed by atoms with van der Waals surface area (Å²) in [7, 11) is 2.09. The standard InChI is InChI=1S/C23H30N4O3/c1-26-18(9-10-21(28)24-15-19-8-5-13-30-19)14-25-23(29)22-20(26)11-12-27(22)16-17-6-3-2-4-7-17/h2-8,13,18,20,22H,9-12,14-16H2,1H3,(H,24,28)(H,25,29)/t18-,20+,22-/m0/s1. The fraction of sp³-hybridized carbons (Fsp3) is 0.478. The normalized spacial score (nSPS) is 24.8. The number of nitrogens with zero attached hydrogens (tertiary/aromatic N) is 2. The molecule has 1 aromatic heterocycles. The van der Waals surface area contributed by atoms with Crippen LogP contribution in [-0.2, 0) is 22.7 Å². The molecule has 30 heavy (non-hydrogen) atoms. The first-order chi connectivity index (χ1) is 14.6. The second-order valence-corrected chi connectivity index (χ2v) is 8.22. The van der Waals surface area contributed by atoms with E-state index in [1.54, 1.807) is 6.26 Å². The van der Waals surface area contributed by atoms with Gasteiger partial charge in [0.1, 0.15) is 11.8 Å². The van der Waals surface area contributed by atoms with Crippen LogP contribution in [0.2, 0.25) is 0 Å². The lowest BCUT2D eigenvalue weighted by atomic mass is 10.0. The zero-order valence-corrected chi connectivity index (χ0v) is 17.4. The van der Waals surface area contributed by atoms with Gasteiger partial charge in [-0.1, -0.05) is 30.3 Å². The van der Waals surface area contributed by atoms with Gasteiger partial charge in [0.25, 0.3) is 0 Å². The van der Waals surface area contributed by atoms with E-state index in [4.69, 9.17) is 4.42 Å². The maximum absolute atomic E-state index is 12.9. The highest BCUT2D eigenvalue weighted by Gasteiger charge is 2.44. The van der Waals surface area contributed by atoms with Crippen LogP contribution < -0.4 is 10.6 Å². The summed E-state index contributed by atoms with van der Waals surface area (Å²) in [6.45, 7) is 2.66. The molecule has 4 rings (SSSR count).